The number of nitro benzene ring substituents is 1. The average Bonchev–Trinajstić information content (AvgIpc) is 2.57. The molecule has 4 heteroatoms. The summed E-state index contributed by atoms with van der Waals surface area (Å²) in [6.45, 7) is 0. The lowest BCUT2D eigenvalue weighted by molar-refractivity contribution is -0.384. The molecule has 22 heavy (non-hydrogen) atoms. The van der Waals surface area contributed by atoms with Crippen LogP contribution in [0.15, 0.2) is 99.6 Å². The Morgan fingerprint density at radius 1 is 0.636 bits per heavy atom. The van der Waals surface area contributed by atoms with Gasteiger partial charge in [-0.05, 0) is 51.1 Å². The Kier molecular flexibility index (Phi) is 4.21. The van der Waals surface area contributed by atoms with Crippen LogP contribution in [-0.2, 0) is 0 Å². The lowest BCUT2D eigenvalue weighted by Gasteiger charge is -2.23. The predicted molar refractivity (Wildman–Crippen MR) is 89.8 cm³/mol. The molecule has 3 aromatic rings. The predicted octanol–water partition coefficient (Wildman–Crippen LogP) is 5.07. The molecule has 0 saturated heterocycles. The van der Waals surface area contributed by atoms with Crippen molar-refractivity contribution in [2.75, 3.05) is 0 Å². The van der Waals surface area contributed by atoms with E-state index in [9.17, 15) is 10.1 Å². The van der Waals surface area contributed by atoms with E-state index in [0.29, 0.717) is 0 Å². The highest BCUT2D eigenvalue weighted by molar-refractivity contribution is 8.17. The van der Waals surface area contributed by atoms with Crippen LogP contribution in [0, 0.1) is 10.1 Å². The molecule has 0 atom stereocenters. The molecule has 0 bridgehead atoms. The summed E-state index contributed by atoms with van der Waals surface area (Å²) in [5.74, 6) is 0. The van der Waals surface area contributed by atoms with Crippen LogP contribution in [0.25, 0.3) is 0 Å². The number of hydrogen-bond donors (Lipinski definition) is 1. The number of benzene rings is 3. The minimum absolute atomic E-state index is 0.125. The van der Waals surface area contributed by atoms with Gasteiger partial charge in [-0.25, -0.2) is 0 Å². The third-order valence-corrected chi connectivity index (χ3v) is 5.79. The molecular weight excluding hydrogens is 294 g/mol. The molecule has 0 N–H and O–H groups in total. The van der Waals surface area contributed by atoms with Crippen LogP contribution < -0.4 is 0 Å². The first-order chi connectivity index (χ1) is 10.8. The van der Waals surface area contributed by atoms with E-state index in [4.69, 9.17) is 0 Å². The normalized spacial score (nSPS) is 11.0. The largest absolute Gasteiger partial charge is 0.269 e. The minimum Gasteiger partial charge on any atom is -0.258 e. The van der Waals surface area contributed by atoms with E-state index < -0.39 is 10.9 Å². The van der Waals surface area contributed by atoms with Crippen LogP contribution in [-0.4, -0.2) is 4.92 Å². The molecule has 0 radical (unpaired) electrons. The molecule has 0 heterocycles. The van der Waals surface area contributed by atoms with Crippen molar-refractivity contribution in [1.82, 2.24) is 0 Å². The summed E-state index contributed by atoms with van der Waals surface area (Å²) in [6.07, 6.45) is 0. The second-order valence-electron chi connectivity index (χ2n) is 4.78. The Morgan fingerprint density at radius 3 is 1.45 bits per heavy atom. The highest BCUT2D eigenvalue weighted by Crippen LogP contribution is 2.51. The fraction of sp³-hybridized carbons (Fsp3) is 0. The topological polar surface area (TPSA) is 43.1 Å². The zero-order valence-electron chi connectivity index (χ0n) is 11.8. The van der Waals surface area contributed by atoms with Crippen LogP contribution in [0.3, 0.4) is 0 Å². The average molecular weight is 309 g/mol. The first-order valence-electron chi connectivity index (χ1n) is 6.90. The number of nitrogens with zero attached hydrogens (tertiary/aromatic N) is 1. The molecule has 0 saturated carbocycles. The number of hydrogen-bond acceptors (Lipinski definition) is 2. The molecule has 0 aromatic heterocycles. The molecule has 3 aromatic carbocycles. The van der Waals surface area contributed by atoms with Gasteiger partial charge in [0, 0.05) is 12.1 Å². The van der Waals surface area contributed by atoms with Crippen molar-refractivity contribution in [3.05, 3.63) is 95.0 Å². The zero-order chi connectivity index (χ0) is 15.4. The summed E-state index contributed by atoms with van der Waals surface area (Å²) in [7, 11) is -0.700. The van der Waals surface area contributed by atoms with Gasteiger partial charge >= 0.3 is 0 Å². The Balaban J connectivity index is 2.08. The van der Waals surface area contributed by atoms with Gasteiger partial charge < -0.3 is 0 Å². The van der Waals surface area contributed by atoms with Gasteiger partial charge in [0.2, 0.25) is 0 Å². The van der Waals surface area contributed by atoms with Crippen molar-refractivity contribution in [2.45, 2.75) is 14.7 Å². The minimum atomic E-state index is -0.700. The van der Waals surface area contributed by atoms with Crippen LogP contribution >= 0.6 is 10.9 Å². The lowest BCUT2D eigenvalue weighted by atomic mass is 10.3. The Bertz CT molecular complexity index is 719. The summed E-state index contributed by atoms with van der Waals surface area (Å²) in [6, 6.07) is 27.4. The standard InChI is InChI=1S/C18H15NO2S/c20-19(21)15-11-13-18(14-12-15)22(16-7-3-1-4-8-16)17-9-5-2-6-10-17/h1-14,22H. The number of rotatable bonds is 4. The highest BCUT2D eigenvalue weighted by atomic mass is 32.2. The molecule has 110 valence electrons. The van der Waals surface area contributed by atoms with Gasteiger partial charge in [-0.3, -0.25) is 10.1 Å². The third kappa shape index (κ3) is 3.02. The van der Waals surface area contributed by atoms with Crippen LogP contribution in [0.5, 0.6) is 0 Å². The Hall–Kier alpha value is -2.59. The van der Waals surface area contributed by atoms with Crippen molar-refractivity contribution in [3.8, 4) is 0 Å². The van der Waals surface area contributed by atoms with Crippen molar-refractivity contribution in [1.29, 1.82) is 0 Å². The van der Waals surface area contributed by atoms with E-state index >= 15 is 0 Å². The number of nitro groups is 1. The van der Waals surface area contributed by atoms with Gasteiger partial charge in [0.05, 0.1) is 4.92 Å². The van der Waals surface area contributed by atoms with Gasteiger partial charge in [-0.2, -0.15) is 10.9 Å². The zero-order valence-corrected chi connectivity index (χ0v) is 12.7. The molecule has 0 unspecified atom stereocenters. The van der Waals surface area contributed by atoms with Gasteiger partial charge in [0.25, 0.3) is 5.69 Å². The van der Waals surface area contributed by atoms with Crippen LogP contribution in [0.1, 0.15) is 0 Å². The second-order valence-corrected chi connectivity index (χ2v) is 7.00. The van der Waals surface area contributed by atoms with E-state index in [-0.39, 0.29) is 10.6 Å². The molecule has 3 rings (SSSR count). The smallest absolute Gasteiger partial charge is 0.258 e. The monoisotopic (exact) mass is 309 g/mol. The molecule has 0 fully saturated rings. The molecule has 3 nitrogen and oxygen atoms in total. The maximum absolute atomic E-state index is 10.8. The first kappa shape index (κ1) is 14.4. The van der Waals surface area contributed by atoms with Gasteiger partial charge in [0.15, 0.2) is 0 Å². The van der Waals surface area contributed by atoms with E-state index in [0.717, 1.165) is 4.90 Å². The molecule has 0 spiro atoms. The maximum atomic E-state index is 10.8. The van der Waals surface area contributed by atoms with Crippen molar-refractivity contribution in [2.24, 2.45) is 0 Å². The summed E-state index contributed by atoms with van der Waals surface area (Å²) < 4.78 is 0. The summed E-state index contributed by atoms with van der Waals surface area (Å²) >= 11 is 0. The molecule has 0 aliphatic carbocycles. The quantitative estimate of drug-likeness (QED) is 0.415. The van der Waals surface area contributed by atoms with Crippen LogP contribution in [0.4, 0.5) is 5.69 Å². The summed E-state index contributed by atoms with van der Waals surface area (Å²) in [4.78, 5) is 14.0. The SMILES string of the molecule is O=[N+]([O-])c1ccc([SH](c2ccccc2)c2ccccc2)cc1. The third-order valence-electron chi connectivity index (χ3n) is 3.35. The van der Waals surface area contributed by atoms with E-state index in [1.165, 1.54) is 9.79 Å². The fourth-order valence-corrected chi connectivity index (χ4v) is 4.61. The van der Waals surface area contributed by atoms with Gasteiger partial charge in [-0.1, -0.05) is 36.4 Å². The van der Waals surface area contributed by atoms with E-state index in [2.05, 4.69) is 24.3 Å². The van der Waals surface area contributed by atoms with E-state index in [1.54, 1.807) is 12.1 Å². The summed E-state index contributed by atoms with van der Waals surface area (Å²) in [5, 5.41) is 10.8. The Morgan fingerprint density at radius 2 is 1.05 bits per heavy atom. The second kappa shape index (κ2) is 6.45. The van der Waals surface area contributed by atoms with E-state index in [1.807, 2.05) is 48.5 Å². The highest BCUT2D eigenvalue weighted by Gasteiger charge is 2.13. The molecule has 0 amide bonds. The fourth-order valence-electron chi connectivity index (χ4n) is 2.32. The number of thiol groups is 1. The van der Waals surface area contributed by atoms with Crippen molar-refractivity contribution < 1.29 is 4.92 Å². The summed E-state index contributed by atoms with van der Waals surface area (Å²) in [5.41, 5.74) is 0.125. The van der Waals surface area contributed by atoms with Crippen LogP contribution in [0.2, 0.25) is 0 Å². The van der Waals surface area contributed by atoms with Crippen molar-refractivity contribution >= 4 is 16.6 Å². The maximum Gasteiger partial charge on any atom is 0.269 e. The lowest BCUT2D eigenvalue weighted by Crippen LogP contribution is -1.90. The molecule has 0 aliphatic rings. The molecular formula is C18H15NO2S. The van der Waals surface area contributed by atoms with Gasteiger partial charge in [-0.15, -0.1) is 0 Å². The Labute approximate surface area is 131 Å². The van der Waals surface area contributed by atoms with Crippen molar-refractivity contribution in [3.63, 3.8) is 0 Å². The first-order valence-corrected chi connectivity index (χ1v) is 8.24. The molecule has 0 aliphatic heterocycles. The number of non-ortho nitro benzene ring substituents is 1. The van der Waals surface area contributed by atoms with Gasteiger partial charge in [0.1, 0.15) is 0 Å².